The van der Waals surface area contributed by atoms with E-state index in [0.717, 1.165) is 25.2 Å². The molecule has 2 rings (SSSR count). The molecule has 0 spiro atoms. The molecule has 2 aromatic carbocycles. The predicted octanol–water partition coefficient (Wildman–Crippen LogP) is 6.35. The minimum absolute atomic E-state index is 0.175. The first-order valence-corrected chi connectivity index (χ1v) is 7.91. The van der Waals surface area contributed by atoms with Gasteiger partial charge in [-0.3, -0.25) is 0 Å². The highest BCUT2D eigenvalue weighted by Gasteiger charge is 2.11. The topological polar surface area (TPSA) is 12.0 Å². The molecule has 1 atom stereocenters. The monoisotopic (exact) mass is 401 g/mol. The Morgan fingerprint density at radius 3 is 2.32 bits per heavy atom. The van der Waals surface area contributed by atoms with Gasteiger partial charge in [-0.1, -0.05) is 23.7 Å². The van der Waals surface area contributed by atoms with Gasteiger partial charge in [0.2, 0.25) is 0 Å². The maximum atomic E-state index is 6.03. The third-order valence-electron chi connectivity index (χ3n) is 2.90. The molecule has 0 heterocycles. The Hall–Kier alpha value is -0.510. The molecule has 0 aromatic heterocycles. The van der Waals surface area contributed by atoms with Crippen LogP contribution in [0.1, 0.15) is 24.1 Å². The second-order valence-corrected chi connectivity index (χ2v) is 6.67. The van der Waals surface area contributed by atoms with Gasteiger partial charge >= 0.3 is 0 Å². The Morgan fingerprint density at radius 1 is 1.11 bits per heavy atom. The Morgan fingerprint density at radius 2 is 1.74 bits per heavy atom. The molecule has 0 fully saturated rings. The standard InChI is InChI=1S/C15H14Br2ClN/c1-9-6-13(16)15(14(17)7-9)19-10(2)11-4-3-5-12(18)8-11/h3-8,10,19H,1-2H3. The van der Waals surface area contributed by atoms with Crippen molar-refractivity contribution in [2.45, 2.75) is 19.9 Å². The summed E-state index contributed by atoms with van der Waals surface area (Å²) >= 11 is 13.2. The van der Waals surface area contributed by atoms with Gasteiger partial charge in [-0.2, -0.15) is 0 Å². The van der Waals surface area contributed by atoms with Crippen LogP contribution in [0.5, 0.6) is 0 Å². The molecule has 0 aliphatic rings. The third kappa shape index (κ3) is 3.74. The van der Waals surface area contributed by atoms with Crippen molar-refractivity contribution >= 4 is 49.1 Å². The fraction of sp³-hybridized carbons (Fsp3) is 0.200. The number of halogens is 3. The van der Waals surface area contributed by atoms with Gasteiger partial charge in [0.15, 0.2) is 0 Å². The van der Waals surface area contributed by atoms with Crippen LogP contribution in [0.2, 0.25) is 5.02 Å². The number of nitrogens with one attached hydrogen (secondary N) is 1. The van der Waals surface area contributed by atoms with Crippen molar-refractivity contribution in [2.75, 3.05) is 5.32 Å². The molecule has 1 nitrogen and oxygen atoms in total. The highest BCUT2D eigenvalue weighted by Crippen LogP contribution is 2.35. The number of rotatable bonds is 3. The molecule has 19 heavy (non-hydrogen) atoms. The maximum absolute atomic E-state index is 6.03. The summed E-state index contributed by atoms with van der Waals surface area (Å²) in [6, 6.07) is 12.3. The molecular formula is C15H14Br2ClN. The zero-order valence-corrected chi connectivity index (χ0v) is 14.6. The van der Waals surface area contributed by atoms with E-state index in [0.29, 0.717) is 0 Å². The van der Waals surface area contributed by atoms with E-state index >= 15 is 0 Å². The number of anilines is 1. The van der Waals surface area contributed by atoms with E-state index in [-0.39, 0.29) is 6.04 Å². The van der Waals surface area contributed by atoms with Crippen molar-refractivity contribution in [3.63, 3.8) is 0 Å². The van der Waals surface area contributed by atoms with Crippen LogP contribution in [-0.2, 0) is 0 Å². The molecule has 0 aliphatic heterocycles. The van der Waals surface area contributed by atoms with Crippen LogP contribution >= 0.6 is 43.5 Å². The van der Waals surface area contributed by atoms with Crippen molar-refractivity contribution < 1.29 is 0 Å². The van der Waals surface area contributed by atoms with Gasteiger partial charge in [-0.25, -0.2) is 0 Å². The van der Waals surface area contributed by atoms with Crippen molar-refractivity contribution in [3.8, 4) is 0 Å². The average Bonchev–Trinajstić information content (AvgIpc) is 2.33. The van der Waals surface area contributed by atoms with Crippen LogP contribution < -0.4 is 5.32 Å². The number of hydrogen-bond acceptors (Lipinski definition) is 1. The maximum Gasteiger partial charge on any atom is 0.0633 e. The first kappa shape index (κ1) is 14.9. The highest BCUT2D eigenvalue weighted by molar-refractivity contribution is 9.11. The fourth-order valence-electron chi connectivity index (χ4n) is 1.91. The van der Waals surface area contributed by atoms with Gasteiger partial charge in [-0.15, -0.1) is 0 Å². The van der Waals surface area contributed by atoms with Crippen molar-refractivity contribution in [2.24, 2.45) is 0 Å². The summed E-state index contributed by atoms with van der Waals surface area (Å²) in [6.45, 7) is 4.18. The summed E-state index contributed by atoms with van der Waals surface area (Å²) in [5, 5.41) is 4.25. The van der Waals surface area contributed by atoms with Gasteiger partial charge in [0.05, 0.1) is 5.69 Å². The van der Waals surface area contributed by atoms with Gasteiger partial charge < -0.3 is 5.32 Å². The van der Waals surface area contributed by atoms with E-state index in [9.17, 15) is 0 Å². The number of hydrogen-bond donors (Lipinski definition) is 1. The molecular weight excluding hydrogens is 389 g/mol. The predicted molar refractivity (Wildman–Crippen MR) is 90.1 cm³/mol. The molecule has 0 aliphatic carbocycles. The lowest BCUT2D eigenvalue weighted by Crippen LogP contribution is -2.07. The molecule has 0 saturated carbocycles. The molecule has 0 saturated heterocycles. The zero-order valence-electron chi connectivity index (χ0n) is 10.7. The third-order valence-corrected chi connectivity index (χ3v) is 4.38. The van der Waals surface area contributed by atoms with E-state index in [2.05, 4.69) is 69.2 Å². The summed E-state index contributed by atoms with van der Waals surface area (Å²) in [5.74, 6) is 0. The Balaban J connectivity index is 2.26. The van der Waals surface area contributed by atoms with E-state index in [1.807, 2.05) is 18.2 Å². The Bertz CT molecular complexity index is 575. The number of benzene rings is 2. The quantitative estimate of drug-likeness (QED) is 0.630. The fourth-order valence-corrected chi connectivity index (χ4v) is 3.76. The van der Waals surface area contributed by atoms with Crippen molar-refractivity contribution in [1.29, 1.82) is 0 Å². The smallest absolute Gasteiger partial charge is 0.0633 e. The summed E-state index contributed by atoms with van der Waals surface area (Å²) < 4.78 is 2.10. The van der Waals surface area contributed by atoms with Gasteiger partial charge in [-0.05, 0) is 81.1 Å². The number of aryl methyl sites for hydroxylation is 1. The molecule has 4 heteroatoms. The van der Waals surface area contributed by atoms with Crippen LogP contribution in [-0.4, -0.2) is 0 Å². The lowest BCUT2D eigenvalue weighted by molar-refractivity contribution is 0.882. The van der Waals surface area contributed by atoms with Crippen LogP contribution in [0.4, 0.5) is 5.69 Å². The highest BCUT2D eigenvalue weighted by atomic mass is 79.9. The summed E-state index contributed by atoms with van der Waals surface area (Å²) in [4.78, 5) is 0. The zero-order chi connectivity index (χ0) is 14.0. The van der Waals surface area contributed by atoms with Crippen LogP contribution in [0.15, 0.2) is 45.3 Å². The second-order valence-electron chi connectivity index (χ2n) is 4.52. The van der Waals surface area contributed by atoms with Crippen LogP contribution in [0.3, 0.4) is 0 Å². The van der Waals surface area contributed by atoms with E-state index < -0.39 is 0 Å². The second kappa shape index (κ2) is 6.29. The minimum atomic E-state index is 0.175. The first-order valence-electron chi connectivity index (χ1n) is 5.95. The molecule has 1 N–H and O–H groups in total. The van der Waals surface area contributed by atoms with Gasteiger partial charge in [0, 0.05) is 20.0 Å². The summed E-state index contributed by atoms with van der Waals surface area (Å²) in [5.41, 5.74) is 3.42. The average molecular weight is 404 g/mol. The normalized spacial score (nSPS) is 12.3. The lowest BCUT2D eigenvalue weighted by atomic mass is 10.1. The largest absolute Gasteiger partial charge is 0.377 e. The minimum Gasteiger partial charge on any atom is -0.377 e. The van der Waals surface area contributed by atoms with Crippen molar-refractivity contribution in [3.05, 3.63) is 61.5 Å². The lowest BCUT2D eigenvalue weighted by Gasteiger charge is -2.19. The summed E-state index contributed by atoms with van der Waals surface area (Å²) in [6.07, 6.45) is 0. The molecule has 1 unspecified atom stereocenters. The molecule has 0 bridgehead atoms. The molecule has 100 valence electrons. The molecule has 2 aromatic rings. The first-order chi connectivity index (χ1) is 8.97. The van der Waals surface area contributed by atoms with E-state index in [1.165, 1.54) is 5.56 Å². The van der Waals surface area contributed by atoms with Gasteiger partial charge in [0.25, 0.3) is 0 Å². The van der Waals surface area contributed by atoms with E-state index in [1.54, 1.807) is 0 Å². The molecule has 0 radical (unpaired) electrons. The SMILES string of the molecule is Cc1cc(Br)c(NC(C)c2cccc(Cl)c2)c(Br)c1. The Kier molecular flexibility index (Phi) is 4.93. The van der Waals surface area contributed by atoms with Crippen LogP contribution in [0, 0.1) is 6.92 Å². The van der Waals surface area contributed by atoms with Gasteiger partial charge in [0.1, 0.15) is 0 Å². The van der Waals surface area contributed by atoms with Crippen LogP contribution in [0.25, 0.3) is 0 Å². The Labute approximate surface area is 135 Å². The van der Waals surface area contributed by atoms with E-state index in [4.69, 9.17) is 11.6 Å². The van der Waals surface area contributed by atoms with Crippen molar-refractivity contribution in [1.82, 2.24) is 0 Å². The summed E-state index contributed by atoms with van der Waals surface area (Å²) in [7, 11) is 0. The molecule has 0 amide bonds.